The Morgan fingerprint density at radius 2 is 1.93 bits per heavy atom. The molecule has 2 N–H and O–H groups in total. The molecule has 27 heavy (non-hydrogen) atoms. The maximum absolute atomic E-state index is 13.1. The molecule has 0 fully saturated rings. The fraction of sp³-hybridized carbons (Fsp3) is 0.263. The van der Waals surface area contributed by atoms with E-state index in [1.54, 1.807) is 6.92 Å². The van der Waals surface area contributed by atoms with Crippen molar-refractivity contribution >= 4 is 23.5 Å². The standard InChI is InChI=1S/C19H19ClFNO5/c1-3-27-18-14(20)8-12(9-16(18)26-2)19(25)22-15(10-17(23)24)11-4-6-13(21)7-5-11/h4-9,15H,3,10H2,1-2H3,(H,22,25)(H,23,24). The molecule has 8 heteroatoms. The second-order valence-electron chi connectivity index (χ2n) is 5.60. The zero-order chi connectivity index (χ0) is 20.0. The van der Waals surface area contributed by atoms with Crippen molar-refractivity contribution in [1.29, 1.82) is 0 Å². The van der Waals surface area contributed by atoms with Gasteiger partial charge in [0, 0.05) is 5.56 Å². The number of carboxylic acids is 1. The molecule has 0 aromatic heterocycles. The minimum atomic E-state index is -1.10. The Morgan fingerprint density at radius 3 is 2.48 bits per heavy atom. The monoisotopic (exact) mass is 395 g/mol. The van der Waals surface area contributed by atoms with Crippen molar-refractivity contribution in [3.05, 3.63) is 58.4 Å². The Morgan fingerprint density at radius 1 is 1.26 bits per heavy atom. The quantitative estimate of drug-likeness (QED) is 0.709. The van der Waals surface area contributed by atoms with E-state index in [0.717, 1.165) is 0 Å². The molecule has 0 heterocycles. The number of carbonyl (C=O) groups excluding carboxylic acids is 1. The highest BCUT2D eigenvalue weighted by atomic mass is 35.5. The Balaban J connectivity index is 2.30. The van der Waals surface area contributed by atoms with E-state index in [9.17, 15) is 14.0 Å². The van der Waals surface area contributed by atoms with E-state index in [4.69, 9.17) is 26.2 Å². The van der Waals surface area contributed by atoms with Crippen LogP contribution < -0.4 is 14.8 Å². The number of hydrogen-bond donors (Lipinski definition) is 2. The third kappa shape index (κ3) is 5.34. The van der Waals surface area contributed by atoms with Crippen molar-refractivity contribution in [1.82, 2.24) is 5.32 Å². The molecule has 2 aromatic rings. The first-order chi connectivity index (χ1) is 12.8. The van der Waals surface area contributed by atoms with Gasteiger partial charge in [0.25, 0.3) is 5.91 Å². The molecule has 0 saturated heterocycles. The summed E-state index contributed by atoms with van der Waals surface area (Å²) in [6, 6.07) is 7.28. The predicted molar refractivity (Wildman–Crippen MR) is 98.0 cm³/mol. The molecular weight excluding hydrogens is 377 g/mol. The average molecular weight is 396 g/mol. The zero-order valence-electron chi connectivity index (χ0n) is 14.8. The molecular formula is C19H19ClFNO5. The lowest BCUT2D eigenvalue weighted by molar-refractivity contribution is -0.137. The first-order valence-electron chi connectivity index (χ1n) is 8.14. The number of ether oxygens (including phenoxy) is 2. The molecule has 0 saturated carbocycles. The van der Waals surface area contributed by atoms with Gasteiger partial charge >= 0.3 is 5.97 Å². The van der Waals surface area contributed by atoms with Gasteiger partial charge in [-0.25, -0.2) is 4.39 Å². The molecule has 2 rings (SSSR count). The van der Waals surface area contributed by atoms with Crippen molar-refractivity contribution in [2.45, 2.75) is 19.4 Å². The zero-order valence-corrected chi connectivity index (χ0v) is 15.5. The van der Waals surface area contributed by atoms with E-state index < -0.39 is 23.7 Å². The number of carbonyl (C=O) groups is 2. The van der Waals surface area contributed by atoms with Crippen LogP contribution in [-0.4, -0.2) is 30.7 Å². The van der Waals surface area contributed by atoms with E-state index in [0.29, 0.717) is 17.9 Å². The summed E-state index contributed by atoms with van der Waals surface area (Å²) in [5, 5.41) is 11.9. The van der Waals surface area contributed by atoms with Crippen LogP contribution in [0.1, 0.15) is 35.3 Å². The molecule has 1 amide bonds. The number of methoxy groups -OCH3 is 1. The summed E-state index contributed by atoms with van der Waals surface area (Å²) < 4.78 is 23.7. The normalized spacial score (nSPS) is 11.6. The topological polar surface area (TPSA) is 84.9 Å². The van der Waals surface area contributed by atoms with Gasteiger partial charge in [-0.3, -0.25) is 9.59 Å². The number of nitrogens with one attached hydrogen (secondary N) is 1. The number of rotatable bonds is 8. The summed E-state index contributed by atoms with van der Waals surface area (Å²) in [5.41, 5.74) is 0.647. The molecule has 6 nitrogen and oxygen atoms in total. The van der Waals surface area contributed by atoms with Crippen molar-refractivity contribution < 1.29 is 28.6 Å². The van der Waals surface area contributed by atoms with Crippen molar-refractivity contribution in [2.75, 3.05) is 13.7 Å². The van der Waals surface area contributed by atoms with E-state index in [1.807, 2.05) is 0 Å². The Bertz CT molecular complexity index is 826. The summed E-state index contributed by atoms with van der Waals surface area (Å²) in [6.45, 7) is 2.16. The lowest BCUT2D eigenvalue weighted by Crippen LogP contribution is -2.30. The minimum Gasteiger partial charge on any atom is -0.493 e. The number of amides is 1. The number of hydrogen-bond acceptors (Lipinski definition) is 4. The van der Waals surface area contributed by atoms with Crippen LogP contribution >= 0.6 is 11.6 Å². The highest BCUT2D eigenvalue weighted by molar-refractivity contribution is 6.32. The van der Waals surface area contributed by atoms with Gasteiger partial charge in [-0.1, -0.05) is 23.7 Å². The van der Waals surface area contributed by atoms with Gasteiger partial charge in [0.1, 0.15) is 5.82 Å². The van der Waals surface area contributed by atoms with Gasteiger partial charge in [0.05, 0.1) is 31.2 Å². The van der Waals surface area contributed by atoms with Crippen LogP contribution in [0.15, 0.2) is 36.4 Å². The summed E-state index contributed by atoms with van der Waals surface area (Å²) in [6.07, 6.45) is -0.362. The lowest BCUT2D eigenvalue weighted by atomic mass is 10.0. The predicted octanol–water partition coefficient (Wildman–Crippen LogP) is 3.83. The molecule has 1 unspecified atom stereocenters. The Labute approximate surface area is 160 Å². The highest BCUT2D eigenvalue weighted by Crippen LogP contribution is 2.36. The van der Waals surface area contributed by atoms with E-state index in [2.05, 4.69) is 5.32 Å². The molecule has 0 aliphatic rings. The van der Waals surface area contributed by atoms with Crippen LogP contribution in [0.2, 0.25) is 5.02 Å². The van der Waals surface area contributed by atoms with Gasteiger partial charge in [0.2, 0.25) is 0 Å². The van der Waals surface area contributed by atoms with Crippen LogP contribution in [-0.2, 0) is 4.79 Å². The van der Waals surface area contributed by atoms with Crippen LogP contribution in [0.3, 0.4) is 0 Å². The Hall–Kier alpha value is -2.80. The van der Waals surface area contributed by atoms with Gasteiger partial charge in [-0.15, -0.1) is 0 Å². The molecule has 0 aliphatic carbocycles. The molecule has 2 aromatic carbocycles. The van der Waals surface area contributed by atoms with Gasteiger partial charge in [-0.05, 0) is 36.8 Å². The van der Waals surface area contributed by atoms with Gasteiger partial charge < -0.3 is 19.9 Å². The molecule has 1 atom stereocenters. The minimum absolute atomic E-state index is 0.179. The smallest absolute Gasteiger partial charge is 0.305 e. The van der Waals surface area contributed by atoms with Crippen molar-refractivity contribution in [3.63, 3.8) is 0 Å². The fourth-order valence-corrected chi connectivity index (χ4v) is 2.76. The maximum atomic E-state index is 13.1. The van der Waals surface area contributed by atoms with Crippen LogP contribution in [0.5, 0.6) is 11.5 Å². The molecule has 0 aliphatic heterocycles. The average Bonchev–Trinajstić information content (AvgIpc) is 2.62. The SMILES string of the molecule is CCOc1c(Cl)cc(C(=O)NC(CC(=O)O)c2ccc(F)cc2)cc1OC. The highest BCUT2D eigenvalue weighted by Gasteiger charge is 2.21. The second kappa shape index (κ2) is 9.23. The maximum Gasteiger partial charge on any atom is 0.305 e. The number of benzene rings is 2. The summed E-state index contributed by atoms with van der Waals surface area (Å²) in [7, 11) is 1.42. The third-order valence-corrected chi connectivity index (χ3v) is 4.02. The van der Waals surface area contributed by atoms with E-state index in [1.165, 1.54) is 43.5 Å². The molecule has 0 bridgehead atoms. The van der Waals surface area contributed by atoms with Crippen molar-refractivity contribution in [3.8, 4) is 11.5 Å². The summed E-state index contributed by atoms with van der Waals surface area (Å²) in [4.78, 5) is 23.8. The second-order valence-corrected chi connectivity index (χ2v) is 6.01. The first kappa shape index (κ1) is 20.5. The van der Waals surface area contributed by atoms with Gasteiger partial charge in [-0.2, -0.15) is 0 Å². The number of carboxylic acid groups (broad SMARTS) is 1. The molecule has 0 spiro atoms. The van der Waals surface area contributed by atoms with Crippen LogP contribution in [0, 0.1) is 5.82 Å². The summed E-state index contributed by atoms with van der Waals surface area (Å²) in [5.74, 6) is -1.51. The summed E-state index contributed by atoms with van der Waals surface area (Å²) >= 11 is 6.17. The Kier molecular flexibility index (Phi) is 7.01. The van der Waals surface area contributed by atoms with Crippen molar-refractivity contribution in [2.24, 2.45) is 0 Å². The largest absolute Gasteiger partial charge is 0.493 e. The fourth-order valence-electron chi connectivity index (χ4n) is 2.50. The van der Waals surface area contributed by atoms with Crippen LogP contribution in [0.4, 0.5) is 4.39 Å². The first-order valence-corrected chi connectivity index (χ1v) is 8.52. The number of halogens is 2. The third-order valence-electron chi connectivity index (χ3n) is 3.74. The lowest BCUT2D eigenvalue weighted by Gasteiger charge is -2.18. The number of aliphatic carboxylic acids is 1. The van der Waals surface area contributed by atoms with Gasteiger partial charge in [0.15, 0.2) is 11.5 Å². The molecule has 0 radical (unpaired) electrons. The van der Waals surface area contributed by atoms with E-state index >= 15 is 0 Å². The van der Waals surface area contributed by atoms with E-state index in [-0.39, 0.29) is 22.8 Å². The molecule has 144 valence electrons. The van der Waals surface area contributed by atoms with Crippen LogP contribution in [0.25, 0.3) is 0 Å².